The van der Waals surface area contributed by atoms with E-state index in [0.717, 1.165) is 23.5 Å². The molecule has 0 heterocycles. The molecule has 4 nitrogen and oxygen atoms in total. The molecule has 5 heteroatoms. The second kappa shape index (κ2) is 9.95. The van der Waals surface area contributed by atoms with Crippen molar-refractivity contribution in [2.24, 2.45) is 17.3 Å². The summed E-state index contributed by atoms with van der Waals surface area (Å²) in [5.74, 6) is 1.07. The van der Waals surface area contributed by atoms with Crippen LogP contribution in [0.5, 0.6) is 0 Å². The fourth-order valence-electron chi connectivity index (χ4n) is 4.86. The lowest BCUT2D eigenvalue weighted by Gasteiger charge is -2.41. The van der Waals surface area contributed by atoms with Gasteiger partial charge in [0.15, 0.2) is 0 Å². The predicted octanol–water partition coefficient (Wildman–Crippen LogP) is 7.83. The van der Waals surface area contributed by atoms with Gasteiger partial charge in [-0.1, -0.05) is 85.8 Å². The van der Waals surface area contributed by atoms with Crippen molar-refractivity contribution in [1.82, 2.24) is 0 Å². The average molecular weight is 433 g/mol. The predicted molar refractivity (Wildman–Crippen MR) is 127 cm³/mol. The van der Waals surface area contributed by atoms with Gasteiger partial charge in [0.2, 0.25) is 9.04 Å². The molecule has 1 saturated carbocycles. The van der Waals surface area contributed by atoms with Crippen molar-refractivity contribution in [2.75, 3.05) is 0 Å². The van der Waals surface area contributed by atoms with Gasteiger partial charge >= 0.3 is 0 Å². The topological polar surface area (TPSA) is 52.4 Å². The van der Waals surface area contributed by atoms with Crippen LogP contribution in [-0.4, -0.2) is 14.0 Å². The summed E-state index contributed by atoms with van der Waals surface area (Å²) < 4.78 is 6.61. The second-order valence-corrected chi connectivity index (χ2v) is 13.5. The van der Waals surface area contributed by atoms with Crippen molar-refractivity contribution in [2.45, 2.75) is 105 Å². The number of hydrogen-bond acceptors (Lipinski definition) is 3. The zero-order valence-corrected chi connectivity index (χ0v) is 21.4. The lowest BCUT2D eigenvalue weighted by atomic mass is 9.69. The smallest absolute Gasteiger partial charge is 0.273 e. The van der Waals surface area contributed by atoms with Crippen LogP contribution < -0.4 is 0 Å². The zero-order valence-electron chi connectivity index (χ0n) is 20.4. The van der Waals surface area contributed by atoms with Crippen LogP contribution in [0.2, 0.25) is 13.1 Å². The molecule has 0 bridgehead atoms. The molecule has 0 N–H and O–H groups in total. The molecule has 2 rings (SSSR count). The standard InChI is InChI=1S/C25H42NO3Si/c1-24(2,3)20-15-14-19(17-22(20)26(27)28)23(29-30(7)8)21(25(4,5)6)16-18-12-10-9-11-13-18/h14-15,17-18,21,23H,9-13,16H2,1-8H3. The highest BCUT2D eigenvalue weighted by atomic mass is 28.3. The molecular weight excluding hydrogens is 390 g/mol. The quantitative estimate of drug-likeness (QED) is 0.250. The van der Waals surface area contributed by atoms with Gasteiger partial charge in [0, 0.05) is 11.6 Å². The number of benzene rings is 1. The first-order valence-electron chi connectivity index (χ1n) is 11.6. The van der Waals surface area contributed by atoms with Crippen molar-refractivity contribution in [3.05, 3.63) is 39.4 Å². The first-order valence-corrected chi connectivity index (χ1v) is 14.0. The molecule has 1 fully saturated rings. The number of rotatable bonds is 7. The molecule has 0 aliphatic heterocycles. The Balaban J connectivity index is 2.50. The minimum Gasteiger partial charge on any atom is -0.410 e. The Kier molecular flexibility index (Phi) is 8.31. The van der Waals surface area contributed by atoms with Crippen molar-refractivity contribution in [3.8, 4) is 0 Å². The van der Waals surface area contributed by atoms with Gasteiger partial charge < -0.3 is 4.43 Å². The van der Waals surface area contributed by atoms with Gasteiger partial charge in [-0.25, -0.2) is 0 Å². The lowest BCUT2D eigenvalue weighted by Crippen LogP contribution is -2.33. The summed E-state index contributed by atoms with van der Waals surface area (Å²) >= 11 is 0. The molecule has 1 aromatic carbocycles. The van der Waals surface area contributed by atoms with Crippen molar-refractivity contribution >= 4 is 14.7 Å². The van der Waals surface area contributed by atoms with E-state index >= 15 is 0 Å². The number of nitro groups is 1. The molecule has 2 atom stereocenters. The van der Waals surface area contributed by atoms with Crippen LogP contribution in [-0.2, 0) is 9.84 Å². The van der Waals surface area contributed by atoms with Gasteiger partial charge in [-0.3, -0.25) is 10.1 Å². The maximum absolute atomic E-state index is 11.9. The molecule has 0 saturated heterocycles. The highest BCUT2D eigenvalue weighted by Gasteiger charge is 2.37. The summed E-state index contributed by atoms with van der Waals surface area (Å²) in [4.78, 5) is 11.7. The van der Waals surface area contributed by atoms with Gasteiger partial charge in [0.1, 0.15) is 0 Å². The van der Waals surface area contributed by atoms with Gasteiger partial charge in [-0.15, -0.1) is 0 Å². The molecule has 1 aromatic rings. The molecule has 30 heavy (non-hydrogen) atoms. The third-order valence-electron chi connectivity index (χ3n) is 6.51. The SMILES string of the molecule is C[Si](C)OC(c1ccc(C(C)(C)C)c([N+](=O)[O-])c1)C(CC1CCCCC1)C(C)(C)C. The highest BCUT2D eigenvalue weighted by Crippen LogP contribution is 2.46. The van der Waals surface area contributed by atoms with Crippen LogP contribution in [0.1, 0.15) is 97.3 Å². The van der Waals surface area contributed by atoms with E-state index in [1.54, 1.807) is 6.07 Å². The van der Waals surface area contributed by atoms with E-state index in [4.69, 9.17) is 4.43 Å². The Labute approximate surface area is 185 Å². The van der Waals surface area contributed by atoms with Gasteiger partial charge in [0.05, 0.1) is 11.0 Å². The molecule has 0 amide bonds. The molecule has 0 spiro atoms. The average Bonchev–Trinajstić information content (AvgIpc) is 2.63. The second-order valence-electron chi connectivity index (χ2n) is 11.4. The summed E-state index contributed by atoms with van der Waals surface area (Å²) in [5.41, 5.74) is 1.77. The minimum atomic E-state index is -0.965. The number of hydrogen-bond donors (Lipinski definition) is 0. The molecule has 1 aliphatic rings. The van der Waals surface area contributed by atoms with Crippen molar-refractivity contribution < 1.29 is 9.35 Å². The van der Waals surface area contributed by atoms with Crippen LogP contribution >= 0.6 is 0 Å². The van der Waals surface area contributed by atoms with Gasteiger partial charge in [-0.2, -0.15) is 0 Å². The van der Waals surface area contributed by atoms with E-state index in [1.165, 1.54) is 32.1 Å². The molecule has 1 radical (unpaired) electrons. The Morgan fingerprint density at radius 1 is 1.10 bits per heavy atom. The Morgan fingerprint density at radius 2 is 1.70 bits per heavy atom. The summed E-state index contributed by atoms with van der Waals surface area (Å²) in [5, 5.41) is 11.9. The van der Waals surface area contributed by atoms with Crippen LogP contribution in [0.25, 0.3) is 0 Å². The normalized spacial score (nSPS) is 18.4. The molecule has 2 unspecified atom stereocenters. The maximum Gasteiger partial charge on any atom is 0.273 e. The van der Waals surface area contributed by atoms with Crippen LogP contribution in [0, 0.1) is 27.4 Å². The molecular formula is C25H42NO3Si. The highest BCUT2D eigenvalue weighted by molar-refractivity contribution is 6.48. The summed E-state index contributed by atoms with van der Waals surface area (Å²) in [7, 11) is -0.965. The first kappa shape index (κ1) is 25.1. The maximum atomic E-state index is 11.9. The van der Waals surface area contributed by atoms with Crippen LogP contribution in [0.3, 0.4) is 0 Å². The van der Waals surface area contributed by atoms with E-state index in [-0.39, 0.29) is 27.5 Å². The fraction of sp³-hybridized carbons (Fsp3) is 0.760. The summed E-state index contributed by atoms with van der Waals surface area (Å²) in [6.45, 7) is 17.3. The molecule has 0 aromatic heterocycles. The third kappa shape index (κ3) is 6.65. The summed E-state index contributed by atoms with van der Waals surface area (Å²) in [6.07, 6.45) is 7.66. The minimum absolute atomic E-state index is 0.0664. The van der Waals surface area contributed by atoms with Gasteiger partial charge in [-0.05, 0) is 47.7 Å². The van der Waals surface area contributed by atoms with Crippen molar-refractivity contribution in [3.63, 3.8) is 0 Å². The third-order valence-corrected chi connectivity index (χ3v) is 7.23. The first-order chi connectivity index (χ1) is 13.8. The lowest BCUT2D eigenvalue weighted by molar-refractivity contribution is -0.386. The Bertz CT molecular complexity index is 712. The van der Waals surface area contributed by atoms with Crippen LogP contribution in [0.15, 0.2) is 18.2 Å². The van der Waals surface area contributed by atoms with Crippen molar-refractivity contribution in [1.29, 1.82) is 0 Å². The van der Waals surface area contributed by atoms with E-state index in [1.807, 2.05) is 26.8 Å². The van der Waals surface area contributed by atoms with E-state index in [2.05, 4.69) is 39.9 Å². The number of nitrogens with zero attached hydrogens (tertiary/aromatic N) is 1. The van der Waals surface area contributed by atoms with Gasteiger partial charge in [0.25, 0.3) is 5.69 Å². The monoisotopic (exact) mass is 432 g/mol. The van der Waals surface area contributed by atoms with E-state index in [9.17, 15) is 10.1 Å². The fourth-order valence-corrected chi connectivity index (χ4v) is 5.67. The largest absolute Gasteiger partial charge is 0.410 e. The zero-order chi connectivity index (χ0) is 22.7. The molecule has 169 valence electrons. The van der Waals surface area contributed by atoms with Crippen LogP contribution in [0.4, 0.5) is 5.69 Å². The summed E-state index contributed by atoms with van der Waals surface area (Å²) in [6, 6.07) is 5.85. The Hall–Kier alpha value is -1.20. The molecule has 1 aliphatic carbocycles. The van der Waals surface area contributed by atoms with E-state index in [0.29, 0.717) is 5.92 Å². The number of nitro benzene ring substituents is 1. The Morgan fingerprint density at radius 3 is 2.17 bits per heavy atom. The van der Waals surface area contributed by atoms with E-state index < -0.39 is 9.04 Å².